The summed E-state index contributed by atoms with van der Waals surface area (Å²) in [7, 11) is 0. The van der Waals surface area contributed by atoms with Crippen LogP contribution < -0.4 is 0 Å². The third-order valence-electron chi connectivity index (χ3n) is 14.2. The maximum absolute atomic E-state index is 14.6. The van der Waals surface area contributed by atoms with E-state index in [1.807, 2.05) is 20.8 Å². The number of aliphatic hydroxyl groups is 6. The number of ether oxygens (including phenoxy) is 2. The number of hydrogen-bond acceptors (Lipinski definition) is 9. The monoisotopic (exact) mass is 636 g/mol. The summed E-state index contributed by atoms with van der Waals surface area (Å²) in [5.41, 5.74) is -1.27. The minimum atomic E-state index is -1.55. The standard InChI is InChI=1S/C36H60O9/c1-19(2)10-9-13-36(8,45-31-29(43)28(42)27(41)23(18-37)44-31)20-11-15-34(6)26(20)21(38)16-24-33(5)14-12-25(40)32(3,4)30(33)22(39)17-35(24,34)7/h10,20,22-31,37,39-43H,9,11-18H2,1-8H3/t20-,22-,23+,24-,25-,26+,27+,28-,29+,30-,31-,33+,34-,35+,36+/m1/s1. The molecule has 4 aliphatic carbocycles. The Hall–Kier alpha value is -0.910. The van der Waals surface area contributed by atoms with Crippen LogP contribution in [0.3, 0.4) is 0 Å². The van der Waals surface area contributed by atoms with Crippen LogP contribution in [0.1, 0.15) is 107 Å². The summed E-state index contributed by atoms with van der Waals surface area (Å²) < 4.78 is 12.5. The Morgan fingerprint density at radius 2 is 1.64 bits per heavy atom. The molecular formula is C36H60O9. The first-order chi connectivity index (χ1) is 20.8. The smallest absolute Gasteiger partial charge is 0.187 e. The van der Waals surface area contributed by atoms with Crippen molar-refractivity contribution in [2.75, 3.05) is 6.61 Å². The lowest BCUT2D eigenvalue weighted by Crippen LogP contribution is -2.69. The summed E-state index contributed by atoms with van der Waals surface area (Å²) >= 11 is 0. The molecule has 9 nitrogen and oxygen atoms in total. The molecular weight excluding hydrogens is 576 g/mol. The van der Waals surface area contributed by atoms with Gasteiger partial charge in [0.15, 0.2) is 6.29 Å². The average Bonchev–Trinajstić information content (AvgIpc) is 3.33. The topological polar surface area (TPSA) is 157 Å². The first kappa shape index (κ1) is 35.4. The van der Waals surface area contributed by atoms with Gasteiger partial charge in [-0.2, -0.15) is 0 Å². The molecule has 0 aromatic rings. The molecule has 0 radical (unpaired) electrons. The van der Waals surface area contributed by atoms with Crippen LogP contribution in [-0.2, 0) is 14.3 Å². The van der Waals surface area contributed by atoms with E-state index in [2.05, 4.69) is 40.7 Å². The van der Waals surface area contributed by atoms with E-state index in [0.29, 0.717) is 32.1 Å². The van der Waals surface area contributed by atoms with Crippen LogP contribution >= 0.6 is 0 Å². The minimum Gasteiger partial charge on any atom is -0.394 e. The maximum Gasteiger partial charge on any atom is 0.187 e. The highest BCUT2D eigenvalue weighted by Crippen LogP contribution is 2.75. The number of Topliss-reactive ketones (excluding diaryl/α,β-unsaturated/α-hetero) is 1. The van der Waals surface area contributed by atoms with Crippen molar-refractivity contribution in [1.82, 2.24) is 0 Å². The molecule has 5 fully saturated rings. The first-order valence-corrected chi connectivity index (χ1v) is 17.3. The molecule has 4 saturated carbocycles. The molecule has 15 atom stereocenters. The molecule has 5 aliphatic rings. The largest absolute Gasteiger partial charge is 0.394 e. The third kappa shape index (κ3) is 5.31. The van der Waals surface area contributed by atoms with Gasteiger partial charge >= 0.3 is 0 Å². The molecule has 1 heterocycles. The lowest BCUT2D eigenvalue weighted by molar-refractivity contribution is -0.333. The van der Waals surface area contributed by atoms with E-state index in [0.717, 1.165) is 24.8 Å². The van der Waals surface area contributed by atoms with E-state index in [1.54, 1.807) is 0 Å². The van der Waals surface area contributed by atoms with E-state index in [-0.39, 0.29) is 40.3 Å². The van der Waals surface area contributed by atoms with Crippen molar-refractivity contribution < 1.29 is 44.9 Å². The van der Waals surface area contributed by atoms with Gasteiger partial charge in [-0.25, -0.2) is 0 Å². The van der Waals surface area contributed by atoms with Crippen molar-refractivity contribution in [1.29, 1.82) is 0 Å². The molecule has 6 N–H and O–H groups in total. The normalized spacial score (nSPS) is 50.6. The molecule has 1 saturated heterocycles. The summed E-state index contributed by atoms with van der Waals surface area (Å²) in [4.78, 5) is 14.6. The fourth-order valence-corrected chi connectivity index (χ4v) is 11.7. The van der Waals surface area contributed by atoms with Crippen LogP contribution in [0.2, 0.25) is 0 Å². The lowest BCUT2D eigenvalue weighted by Gasteiger charge is -2.70. The predicted molar refractivity (Wildman–Crippen MR) is 169 cm³/mol. The van der Waals surface area contributed by atoms with E-state index in [4.69, 9.17) is 9.47 Å². The average molecular weight is 637 g/mol. The Kier molecular flexibility index (Phi) is 9.36. The van der Waals surface area contributed by atoms with Crippen LogP contribution in [-0.4, -0.2) is 91.5 Å². The summed E-state index contributed by atoms with van der Waals surface area (Å²) in [5, 5.41) is 64.6. The van der Waals surface area contributed by atoms with E-state index >= 15 is 0 Å². The van der Waals surface area contributed by atoms with Gasteiger partial charge < -0.3 is 40.1 Å². The van der Waals surface area contributed by atoms with Gasteiger partial charge in [0.1, 0.15) is 30.2 Å². The highest BCUT2D eigenvalue weighted by atomic mass is 16.7. The number of rotatable bonds is 7. The van der Waals surface area contributed by atoms with E-state index in [1.165, 1.54) is 0 Å². The summed E-state index contributed by atoms with van der Waals surface area (Å²) in [5.74, 6) is -0.372. The van der Waals surface area contributed by atoms with Crippen molar-refractivity contribution in [2.45, 2.75) is 155 Å². The summed E-state index contributed by atoms with van der Waals surface area (Å²) in [6.45, 7) is 16.4. The van der Waals surface area contributed by atoms with Crippen molar-refractivity contribution in [3.63, 3.8) is 0 Å². The number of ketones is 1. The second-order valence-electron chi connectivity index (χ2n) is 17.3. The zero-order valence-electron chi connectivity index (χ0n) is 28.7. The zero-order chi connectivity index (χ0) is 33.5. The van der Waals surface area contributed by atoms with Crippen LogP contribution in [0.5, 0.6) is 0 Å². The molecule has 0 spiro atoms. The number of carbonyl (C=O) groups excluding carboxylic acids is 1. The number of allylic oxidation sites excluding steroid dienone is 2. The van der Waals surface area contributed by atoms with Crippen molar-refractivity contribution >= 4 is 5.78 Å². The van der Waals surface area contributed by atoms with E-state index in [9.17, 15) is 35.4 Å². The molecule has 1 aliphatic heterocycles. The van der Waals surface area contributed by atoms with Gasteiger partial charge in [0.2, 0.25) is 0 Å². The molecule has 0 bridgehead atoms. The highest BCUT2D eigenvalue weighted by Gasteiger charge is 2.73. The van der Waals surface area contributed by atoms with Gasteiger partial charge in [-0.3, -0.25) is 4.79 Å². The van der Waals surface area contributed by atoms with Crippen LogP contribution in [0.4, 0.5) is 0 Å². The number of hydrogen-bond donors (Lipinski definition) is 6. The SMILES string of the molecule is CC(C)=CCC[C@](C)(O[C@H]1O[C@@H](CO)[C@H](O)[C@@H](O)[C@@H]1O)[C@@H]1CC[C@]2(C)[C@@H]1C(=O)C[C@@H]1[C@]3(C)CC[C@@H](O)C(C)(C)[C@H]3[C@H](O)C[C@@]12C. The molecule has 9 heteroatoms. The van der Waals surface area contributed by atoms with Crippen molar-refractivity contribution in [3.05, 3.63) is 11.6 Å². The Morgan fingerprint density at radius 3 is 2.27 bits per heavy atom. The van der Waals surface area contributed by atoms with Crippen molar-refractivity contribution in [3.8, 4) is 0 Å². The van der Waals surface area contributed by atoms with Gasteiger partial charge in [0, 0.05) is 12.3 Å². The maximum atomic E-state index is 14.6. The van der Waals surface area contributed by atoms with Crippen molar-refractivity contribution in [2.24, 2.45) is 45.3 Å². The minimum absolute atomic E-state index is 0.0703. The highest BCUT2D eigenvalue weighted by molar-refractivity contribution is 5.84. The van der Waals surface area contributed by atoms with Crippen LogP contribution in [0, 0.1) is 45.3 Å². The van der Waals surface area contributed by atoms with Gasteiger partial charge in [0.05, 0.1) is 24.4 Å². The van der Waals surface area contributed by atoms with Gasteiger partial charge in [-0.15, -0.1) is 0 Å². The number of aliphatic hydroxyl groups excluding tert-OH is 6. The molecule has 0 aromatic carbocycles. The van der Waals surface area contributed by atoms with Crippen LogP contribution in [0.25, 0.3) is 0 Å². The summed E-state index contributed by atoms with van der Waals surface area (Å²) in [6.07, 6.45) is -0.745. The Bertz CT molecular complexity index is 1150. The Balaban J connectivity index is 1.51. The summed E-state index contributed by atoms with van der Waals surface area (Å²) in [6, 6.07) is 0. The number of fused-ring (bicyclic) bond motifs is 5. The quantitative estimate of drug-likeness (QED) is 0.230. The fraction of sp³-hybridized carbons (Fsp3) is 0.917. The Morgan fingerprint density at radius 1 is 0.978 bits per heavy atom. The second-order valence-corrected chi connectivity index (χ2v) is 17.3. The third-order valence-corrected chi connectivity index (χ3v) is 14.2. The lowest BCUT2D eigenvalue weighted by atomic mass is 9.34. The Labute approximate surface area is 269 Å². The molecule has 258 valence electrons. The van der Waals surface area contributed by atoms with Gasteiger partial charge in [0.25, 0.3) is 0 Å². The van der Waals surface area contributed by atoms with Gasteiger partial charge in [-0.05, 0) is 105 Å². The van der Waals surface area contributed by atoms with E-state index < -0.39 is 66.0 Å². The fourth-order valence-electron chi connectivity index (χ4n) is 11.7. The zero-order valence-corrected chi connectivity index (χ0v) is 28.7. The molecule has 5 rings (SSSR count). The molecule has 0 aromatic heterocycles. The first-order valence-electron chi connectivity index (χ1n) is 17.3. The second kappa shape index (κ2) is 11.9. The molecule has 45 heavy (non-hydrogen) atoms. The molecule has 0 unspecified atom stereocenters. The van der Waals surface area contributed by atoms with Gasteiger partial charge in [-0.1, -0.05) is 46.3 Å². The van der Waals surface area contributed by atoms with Crippen LogP contribution in [0.15, 0.2) is 11.6 Å². The predicted octanol–water partition coefficient (Wildman–Crippen LogP) is 3.50. The molecule has 0 amide bonds. The number of carbonyl (C=O) groups is 1.